The van der Waals surface area contributed by atoms with Gasteiger partial charge in [0.25, 0.3) is 0 Å². The number of ether oxygens (including phenoxy) is 1. The Bertz CT molecular complexity index is 566. The molecule has 0 saturated heterocycles. The van der Waals surface area contributed by atoms with E-state index in [1.807, 2.05) is 25.5 Å². The number of aromatic nitrogens is 2. The van der Waals surface area contributed by atoms with E-state index in [4.69, 9.17) is 10.6 Å². The standard InChI is InChI=1S/C14H18N4O/c1-18-9-11(8-16-18)13(17-15)14-12-5-3-2-4-10(12)6-7-19-14/h2-5,8-9,13-14,17H,6-7,15H2,1H3. The lowest BCUT2D eigenvalue weighted by atomic mass is 9.91. The maximum atomic E-state index is 5.94. The van der Waals surface area contributed by atoms with E-state index >= 15 is 0 Å². The first-order valence-corrected chi connectivity index (χ1v) is 6.43. The summed E-state index contributed by atoms with van der Waals surface area (Å²) in [6.45, 7) is 0.722. The molecule has 2 heterocycles. The Morgan fingerprint density at radius 3 is 3.05 bits per heavy atom. The largest absolute Gasteiger partial charge is 0.371 e. The molecule has 3 N–H and O–H groups in total. The molecule has 2 unspecified atom stereocenters. The first kappa shape index (κ1) is 12.3. The molecule has 100 valence electrons. The average molecular weight is 258 g/mol. The Morgan fingerprint density at radius 2 is 2.32 bits per heavy atom. The second-order valence-corrected chi connectivity index (χ2v) is 4.83. The monoisotopic (exact) mass is 258 g/mol. The van der Waals surface area contributed by atoms with Crippen molar-refractivity contribution in [3.63, 3.8) is 0 Å². The number of nitrogens with zero attached hydrogens (tertiary/aromatic N) is 2. The van der Waals surface area contributed by atoms with Crippen LogP contribution in [-0.2, 0) is 18.2 Å². The maximum absolute atomic E-state index is 5.94. The normalized spacial score (nSPS) is 20.0. The smallest absolute Gasteiger partial charge is 0.104 e. The molecule has 3 rings (SSSR count). The SMILES string of the molecule is Cn1cc(C(NN)C2OCCc3ccccc32)cn1. The number of fused-ring (bicyclic) bond motifs is 1. The fourth-order valence-corrected chi connectivity index (χ4v) is 2.66. The van der Waals surface area contributed by atoms with Crippen LogP contribution in [0.4, 0.5) is 0 Å². The van der Waals surface area contributed by atoms with Crippen LogP contribution in [0.5, 0.6) is 0 Å². The molecule has 2 atom stereocenters. The fourth-order valence-electron chi connectivity index (χ4n) is 2.66. The van der Waals surface area contributed by atoms with Gasteiger partial charge in [-0.15, -0.1) is 0 Å². The molecule has 5 nitrogen and oxygen atoms in total. The lowest BCUT2D eigenvalue weighted by Crippen LogP contribution is -2.35. The molecule has 1 aliphatic rings. The molecule has 1 aliphatic heterocycles. The van der Waals surface area contributed by atoms with Gasteiger partial charge < -0.3 is 4.74 Å². The molecule has 1 aromatic carbocycles. The second kappa shape index (κ2) is 5.13. The number of aryl methyl sites for hydroxylation is 1. The predicted octanol–water partition coefficient (Wildman–Crippen LogP) is 1.24. The van der Waals surface area contributed by atoms with Gasteiger partial charge in [0.05, 0.1) is 18.8 Å². The molecular weight excluding hydrogens is 240 g/mol. The highest BCUT2D eigenvalue weighted by Gasteiger charge is 2.29. The molecule has 0 saturated carbocycles. The summed E-state index contributed by atoms with van der Waals surface area (Å²) in [5.41, 5.74) is 6.44. The summed E-state index contributed by atoms with van der Waals surface area (Å²) in [5, 5.41) is 4.20. The van der Waals surface area contributed by atoms with Crippen molar-refractivity contribution in [1.82, 2.24) is 15.2 Å². The molecule has 2 aromatic rings. The van der Waals surface area contributed by atoms with Gasteiger partial charge in [-0.2, -0.15) is 5.10 Å². The molecular formula is C14H18N4O. The van der Waals surface area contributed by atoms with Crippen LogP contribution in [0.2, 0.25) is 0 Å². The predicted molar refractivity (Wildman–Crippen MR) is 72.1 cm³/mol. The van der Waals surface area contributed by atoms with Crippen molar-refractivity contribution in [3.8, 4) is 0 Å². The van der Waals surface area contributed by atoms with Gasteiger partial charge in [0, 0.05) is 18.8 Å². The van der Waals surface area contributed by atoms with E-state index in [-0.39, 0.29) is 12.1 Å². The van der Waals surface area contributed by atoms with Crippen LogP contribution < -0.4 is 11.3 Å². The van der Waals surface area contributed by atoms with E-state index in [2.05, 4.69) is 28.7 Å². The topological polar surface area (TPSA) is 65.1 Å². The van der Waals surface area contributed by atoms with Crippen LogP contribution in [0.15, 0.2) is 36.7 Å². The Morgan fingerprint density at radius 1 is 1.47 bits per heavy atom. The molecule has 0 bridgehead atoms. The zero-order valence-corrected chi connectivity index (χ0v) is 10.9. The van der Waals surface area contributed by atoms with E-state index < -0.39 is 0 Å². The summed E-state index contributed by atoms with van der Waals surface area (Å²) in [6, 6.07) is 8.28. The van der Waals surface area contributed by atoms with Crippen molar-refractivity contribution in [2.24, 2.45) is 12.9 Å². The molecule has 5 heteroatoms. The van der Waals surface area contributed by atoms with E-state index in [0.717, 1.165) is 18.6 Å². The summed E-state index contributed by atoms with van der Waals surface area (Å²) in [4.78, 5) is 0. The molecule has 19 heavy (non-hydrogen) atoms. The highest BCUT2D eigenvalue weighted by molar-refractivity contribution is 5.33. The van der Waals surface area contributed by atoms with Crippen LogP contribution in [0.25, 0.3) is 0 Å². The number of hydrogen-bond acceptors (Lipinski definition) is 4. The zero-order valence-electron chi connectivity index (χ0n) is 10.9. The third-order valence-electron chi connectivity index (χ3n) is 3.60. The first-order valence-electron chi connectivity index (χ1n) is 6.43. The number of hydrogen-bond donors (Lipinski definition) is 2. The van der Waals surface area contributed by atoms with Crippen molar-refractivity contribution in [2.45, 2.75) is 18.6 Å². The van der Waals surface area contributed by atoms with Crippen molar-refractivity contribution in [1.29, 1.82) is 0 Å². The molecule has 0 fully saturated rings. The highest BCUT2D eigenvalue weighted by atomic mass is 16.5. The number of nitrogens with one attached hydrogen (secondary N) is 1. The minimum absolute atomic E-state index is 0.0702. The Hall–Kier alpha value is -1.69. The summed E-state index contributed by atoms with van der Waals surface area (Å²) in [5.74, 6) is 5.73. The third kappa shape index (κ3) is 2.28. The van der Waals surface area contributed by atoms with Gasteiger partial charge in [-0.3, -0.25) is 10.5 Å². The molecule has 0 aliphatic carbocycles. The van der Waals surface area contributed by atoms with Crippen LogP contribution in [-0.4, -0.2) is 16.4 Å². The van der Waals surface area contributed by atoms with Crippen molar-refractivity contribution < 1.29 is 4.74 Å². The van der Waals surface area contributed by atoms with Gasteiger partial charge in [-0.25, -0.2) is 5.43 Å². The maximum Gasteiger partial charge on any atom is 0.104 e. The number of rotatable bonds is 3. The van der Waals surface area contributed by atoms with E-state index in [9.17, 15) is 0 Å². The Balaban J connectivity index is 1.97. The average Bonchev–Trinajstić information content (AvgIpc) is 2.86. The van der Waals surface area contributed by atoms with Gasteiger partial charge >= 0.3 is 0 Å². The number of benzene rings is 1. The molecule has 0 radical (unpaired) electrons. The van der Waals surface area contributed by atoms with E-state index in [1.165, 1.54) is 11.1 Å². The number of hydrazine groups is 1. The Labute approximate surface area is 112 Å². The van der Waals surface area contributed by atoms with Crippen LogP contribution in [0, 0.1) is 0 Å². The lowest BCUT2D eigenvalue weighted by molar-refractivity contribution is 0.0147. The van der Waals surface area contributed by atoms with Gasteiger partial charge in [-0.1, -0.05) is 24.3 Å². The summed E-state index contributed by atoms with van der Waals surface area (Å²) in [6.07, 6.45) is 4.67. The molecule has 0 spiro atoms. The second-order valence-electron chi connectivity index (χ2n) is 4.83. The zero-order chi connectivity index (χ0) is 13.2. The summed E-state index contributed by atoms with van der Waals surface area (Å²) in [7, 11) is 1.90. The van der Waals surface area contributed by atoms with E-state index in [0.29, 0.717) is 0 Å². The van der Waals surface area contributed by atoms with Gasteiger partial charge in [-0.05, 0) is 17.5 Å². The van der Waals surface area contributed by atoms with Crippen LogP contribution in [0.3, 0.4) is 0 Å². The van der Waals surface area contributed by atoms with Gasteiger partial charge in [0.15, 0.2) is 0 Å². The van der Waals surface area contributed by atoms with Crippen molar-refractivity contribution in [3.05, 3.63) is 53.3 Å². The van der Waals surface area contributed by atoms with E-state index in [1.54, 1.807) is 4.68 Å². The summed E-state index contributed by atoms with van der Waals surface area (Å²) < 4.78 is 7.71. The lowest BCUT2D eigenvalue weighted by Gasteiger charge is -2.31. The first-order chi connectivity index (χ1) is 9.29. The highest BCUT2D eigenvalue weighted by Crippen LogP contribution is 2.36. The van der Waals surface area contributed by atoms with Gasteiger partial charge in [0.2, 0.25) is 0 Å². The number of nitrogens with two attached hydrogens (primary N) is 1. The van der Waals surface area contributed by atoms with Crippen molar-refractivity contribution in [2.75, 3.05) is 6.61 Å². The van der Waals surface area contributed by atoms with Crippen LogP contribution in [0.1, 0.15) is 28.8 Å². The minimum atomic E-state index is -0.0878. The molecule has 1 aromatic heterocycles. The minimum Gasteiger partial charge on any atom is -0.371 e. The summed E-state index contributed by atoms with van der Waals surface area (Å²) >= 11 is 0. The third-order valence-corrected chi connectivity index (χ3v) is 3.60. The quantitative estimate of drug-likeness (QED) is 0.642. The fraction of sp³-hybridized carbons (Fsp3) is 0.357. The van der Waals surface area contributed by atoms with Gasteiger partial charge in [0.1, 0.15) is 6.10 Å². The Kier molecular flexibility index (Phi) is 3.33. The van der Waals surface area contributed by atoms with Crippen molar-refractivity contribution >= 4 is 0 Å². The molecule has 0 amide bonds. The van der Waals surface area contributed by atoms with Crippen LogP contribution >= 0.6 is 0 Å².